The fourth-order valence-electron chi connectivity index (χ4n) is 1.87. The summed E-state index contributed by atoms with van der Waals surface area (Å²) in [7, 11) is 0. The third-order valence-corrected chi connectivity index (χ3v) is 3.06. The van der Waals surface area contributed by atoms with Crippen molar-refractivity contribution in [2.24, 2.45) is 5.41 Å². The third-order valence-electron chi connectivity index (χ3n) is 3.06. The van der Waals surface area contributed by atoms with E-state index in [0.717, 1.165) is 0 Å². The topological polar surface area (TPSA) is 78.4 Å². The number of aliphatic carboxylic acids is 1. The molecule has 0 aromatic rings. The Bertz CT molecular complexity index is 408. The first-order valence-corrected chi connectivity index (χ1v) is 5.49. The van der Waals surface area contributed by atoms with Gasteiger partial charge in [0.2, 0.25) is 5.91 Å². The number of amides is 1. The SMILES string of the molecule is C#CCC(NC(=O)C1(C(F)(F)F)CCNC1)C(=O)O. The summed E-state index contributed by atoms with van der Waals surface area (Å²) in [6.45, 7) is -0.523. The van der Waals surface area contributed by atoms with Crippen LogP contribution < -0.4 is 10.6 Å². The summed E-state index contributed by atoms with van der Waals surface area (Å²) >= 11 is 0. The van der Waals surface area contributed by atoms with E-state index in [-0.39, 0.29) is 13.0 Å². The van der Waals surface area contributed by atoms with Gasteiger partial charge in [-0.2, -0.15) is 13.2 Å². The first-order valence-electron chi connectivity index (χ1n) is 5.49. The Hall–Kier alpha value is -1.75. The summed E-state index contributed by atoms with van der Waals surface area (Å²) in [6, 6.07) is -1.52. The lowest BCUT2D eigenvalue weighted by molar-refractivity contribution is -0.216. The lowest BCUT2D eigenvalue weighted by Crippen LogP contribution is -2.55. The minimum atomic E-state index is -4.75. The molecule has 1 aliphatic heterocycles. The standard InChI is InChI=1S/C11H13F3N2O3/c1-2-3-7(8(17)18)16-9(19)10(11(12,13)14)4-5-15-6-10/h1,7,15H,3-6H2,(H,16,19)(H,17,18). The molecule has 5 nitrogen and oxygen atoms in total. The molecule has 3 N–H and O–H groups in total. The van der Waals surface area contributed by atoms with Crippen molar-refractivity contribution in [3.8, 4) is 12.3 Å². The number of carboxylic acids is 1. The summed E-state index contributed by atoms with van der Waals surface area (Å²) in [4.78, 5) is 22.6. The predicted molar refractivity (Wildman–Crippen MR) is 59.0 cm³/mol. The number of carboxylic acid groups (broad SMARTS) is 1. The highest BCUT2D eigenvalue weighted by Crippen LogP contribution is 2.43. The molecule has 0 bridgehead atoms. The van der Waals surface area contributed by atoms with Crippen LogP contribution in [-0.4, -0.2) is 42.3 Å². The maximum Gasteiger partial charge on any atom is 0.404 e. The van der Waals surface area contributed by atoms with Gasteiger partial charge in [-0.3, -0.25) is 4.79 Å². The zero-order valence-corrected chi connectivity index (χ0v) is 9.88. The van der Waals surface area contributed by atoms with Gasteiger partial charge < -0.3 is 15.7 Å². The predicted octanol–water partition coefficient (Wildman–Crippen LogP) is 0.121. The van der Waals surface area contributed by atoms with E-state index in [9.17, 15) is 22.8 Å². The number of carbonyl (C=O) groups is 2. The summed E-state index contributed by atoms with van der Waals surface area (Å²) in [6.07, 6.45) is -0.633. The Morgan fingerprint density at radius 1 is 1.53 bits per heavy atom. The summed E-state index contributed by atoms with van der Waals surface area (Å²) in [5.74, 6) is -0.813. The van der Waals surface area contributed by atoms with Gasteiger partial charge in [0.25, 0.3) is 0 Å². The van der Waals surface area contributed by atoms with Crippen molar-refractivity contribution in [2.75, 3.05) is 13.1 Å². The number of halogens is 3. The first-order chi connectivity index (χ1) is 8.74. The van der Waals surface area contributed by atoms with E-state index >= 15 is 0 Å². The Kier molecular flexibility index (Phi) is 4.42. The van der Waals surface area contributed by atoms with Crippen LogP contribution >= 0.6 is 0 Å². The number of carbonyl (C=O) groups excluding carboxylic acids is 1. The fourth-order valence-corrected chi connectivity index (χ4v) is 1.87. The molecule has 8 heteroatoms. The molecular formula is C11H13F3N2O3. The molecular weight excluding hydrogens is 265 g/mol. The largest absolute Gasteiger partial charge is 0.480 e. The number of hydrogen-bond donors (Lipinski definition) is 3. The molecule has 1 heterocycles. The molecule has 2 unspecified atom stereocenters. The van der Waals surface area contributed by atoms with Gasteiger partial charge in [0, 0.05) is 13.0 Å². The number of nitrogens with one attached hydrogen (secondary N) is 2. The Morgan fingerprint density at radius 2 is 2.16 bits per heavy atom. The second kappa shape index (κ2) is 5.48. The normalized spacial score (nSPS) is 24.5. The highest BCUT2D eigenvalue weighted by atomic mass is 19.4. The van der Waals surface area contributed by atoms with Gasteiger partial charge in [0.15, 0.2) is 5.41 Å². The van der Waals surface area contributed by atoms with Gasteiger partial charge in [-0.05, 0) is 13.0 Å². The van der Waals surface area contributed by atoms with Crippen LogP contribution in [0.15, 0.2) is 0 Å². The molecule has 1 fully saturated rings. The van der Waals surface area contributed by atoms with Crippen molar-refractivity contribution in [3.05, 3.63) is 0 Å². The average molecular weight is 278 g/mol. The van der Waals surface area contributed by atoms with Crippen molar-refractivity contribution < 1.29 is 27.9 Å². The van der Waals surface area contributed by atoms with E-state index in [0.29, 0.717) is 0 Å². The van der Waals surface area contributed by atoms with Gasteiger partial charge in [-0.1, -0.05) is 0 Å². The smallest absolute Gasteiger partial charge is 0.404 e. The lowest BCUT2D eigenvalue weighted by Gasteiger charge is -2.30. The second-order valence-electron chi connectivity index (χ2n) is 4.28. The van der Waals surface area contributed by atoms with Crippen molar-refractivity contribution in [3.63, 3.8) is 0 Å². The summed E-state index contributed by atoms with van der Waals surface area (Å²) in [5, 5.41) is 13.1. The lowest BCUT2D eigenvalue weighted by atomic mass is 9.85. The van der Waals surface area contributed by atoms with E-state index in [4.69, 9.17) is 11.5 Å². The molecule has 1 rings (SSSR count). The number of terminal acetylenes is 1. The molecule has 19 heavy (non-hydrogen) atoms. The zero-order chi connectivity index (χ0) is 14.7. The van der Waals surface area contributed by atoms with Crippen molar-refractivity contribution in [1.82, 2.24) is 10.6 Å². The van der Waals surface area contributed by atoms with E-state index in [2.05, 4.69) is 5.32 Å². The zero-order valence-electron chi connectivity index (χ0n) is 9.88. The van der Waals surface area contributed by atoms with Crippen molar-refractivity contribution in [1.29, 1.82) is 0 Å². The molecule has 106 valence electrons. The van der Waals surface area contributed by atoms with E-state index in [1.54, 1.807) is 0 Å². The van der Waals surface area contributed by atoms with Gasteiger partial charge in [0.05, 0.1) is 0 Å². The molecule has 0 aliphatic carbocycles. The maximum atomic E-state index is 13.0. The van der Waals surface area contributed by atoms with Crippen LogP contribution in [0.2, 0.25) is 0 Å². The van der Waals surface area contributed by atoms with E-state index in [1.165, 1.54) is 0 Å². The van der Waals surface area contributed by atoms with E-state index in [1.807, 2.05) is 11.2 Å². The van der Waals surface area contributed by atoms with Gasteiger partial charge in [0.1, 0.15) is 6.04 Å². The quantitative estimate of drug-likeness (QED) is 0.638. The highest BCUT2D eigenvalue weighted by molar-refractivity contribution is 5.88. The molecule has 0 saturated carbocycles. The monoisotopic (exact) mass is 278 g/mol. The Labute approximate surface area is 107 Å². The number of rotatable bonds is 4. The number of hydrogen-bond acceptors (Lipinski definition) is 3. The highest BCUT2D eigenvalue weighted by Gasteiger charge is 2.61. The van der Waals surface area contributed by atoms with Crippen LogP contribution in [0, 0.1) is 17.8 Å². The fraction of sp³-hybridized carbons (Fsp3) is 0.636. The molecule has 1 saturated heterocycles. The van der Waals surface area contributed by atoms with Gasteiger partial charge >= 0.3 is 12.1 Å². The molecule has 2 atom stereocenters. The molecule has 1 aliphatic rings. The summed E-state index contributed by atoms with van der Waals surface area (Å²) < 4.78 is 39.0. The maximum absolute atomic E-state index is 13.0. The first kappa shape index (κ1) is 15.3. The Balaban J connectivity index is 2.91. The number of alkyl halides is 3. The van der Waals surface area contributed by atoms with Crippen molar-refractivity contribution in [2.45, 2.75) is 25.1 Å². The molecule has 1 amide bonds. The van der Waals surface area contributed by atoms with Crippen LogP contribution in [0.25, 0.3) is 0 Å². The van der Waals surface area contributed by atoms with Gasteiger partial charge in [-0.25, -0.2) is 4.79 Å². The third kappa shape index (κ3) is 2.98. The van der Waals surface area contributed by atoms with Crippen LogP contribution in [0.4, 0.5) is 13.2 Å². The molecule has 0 aromatic heterocycles. The van der Waals surface area contributed by atoms with Crippen molar-refractivity contribution >= 4 is 11.9 Å². The van der Waals surface area contributed by atoms with Crippen LogP contribution in [-0.2, 0) is 9.59 Å². The minimum Gasteiger partial charge on any atom is -0.480 e. The Morgan fingerprint density at radius 3 is 2.53 bits per heavy atom. The summed E-state index contributed by atoms with van der Waals surface area (Å²) in [5.41, 5.74) is -2.59. The minimum absolute atomic E-state index is 0.0415. The average Bonchev–Trinajstić information content (AvgIpc) is 2.77. The van der Waals surface area contributed by atoms with Gasteiger partial charge in [-0.15, -0.1) is 12.3 Å². The van der Waals surface area contributed by atoms with Crippen LogP contribution in [0.1, 0.15) is 12.8 Å². The van der Waals surface area contributed by atoms with Crippen LogP contribution in [0.3, 0.4) is 0 Å². The van der Waals surface area contributed by atoms with E-state index < -0.39 is 42.5 Å². The molecule has 0 radical (unpaired) electrons. The molecule has 0 spiro atoms. The molecule has 0 aromatic carbocycles. The van der Waals surface area contributed by atoms with Crippen LogP contribution in [0.5, 0.6) is 0 Å². The second-order valence-corrected chi connectivity index (χ2v) is 4.28.